The molecule has 0 spiro atoms. The molecule has 1 aliphatic rings. The summed E-state index contributed by atoms with van der Waals surface area (Å²) in [4.78, 5) is 14.8. The highest BCUT2D eigenvalue weighted by Gasteiger charge is 2.26. The van der Waals surface area contributed by atoms with Crippen LogP contribution in [0.2, 0.25) is 0 Å². The van der Waals surface area contributed by atoms with Crippen LogP contribution in [-0.4, -0.2) is 40.3 Å². The fourth-order valence-electron chi connectivity index (χ4n) is 3.52. The van der Waals surface area contributed by atoms with Crippen molar-refractivity contribution in [2.24, 2.45) is 0 Å². The first-order chi connectivity index (χ1) is 12.3. The molecular weight excluding hydrogens is 314 g/mol. The van der Waals surface area contributed by atoms with E-state index in [1.807, 2.05) is 29.1 Å². The minimum Gasteiger partial charge on any atom is -0.497 e. The van der Waals surface area contributed by atoms with Crippen molar-refractivity contribution in [2.45, 2.75) is 51.1 Å². The summed E-state index contributed by atoms with van der Waals surface area (Å²) in [5.41, 5.74) is 1.25. The summed E-state index contributed by atoms with van der Waals surface area (Å²) in [5, 5.41) is 4.29. The number of hydrogen-bond donors (Lipinski definition) is 0. The first-order valence-corrected chi connectivity index (χ1v) is 9.16. The van der Waals surface area contributed by atoms with E-state index in [-0.39, 0.29) is 11.9 Å². The van der Waals surface area contributed by atoms with Crippen LogP contribution in [0, 0.1) is 0 Å². The Hall–Kier alpha value is -2.30. The van der Waals surface area contributed by atoms with Crippen LogP contribution >= 0.6 is 0 Å². The molecule has 2 aromatic rings. The first-order valence-electron chi connectivity index (χ1n) is 9.16. The number of amides is 1. The topological polar surface area (TPSA) is 47.4 Å². The molecule has 0 bridgehead atoms. The Morgan fingerprint density at radius 1 is 1.28 bits per heavy atom. The molecule has 0 unspecified atom stereocenters. The average Bonchev–Trinajstić information content (AvgIpc) is 3.16. The molecule has 5 heteroatoms. The van der Waals surface area contributed by atoms with Crippen molar-refractivity contribution >= 4 is 5.91 Å². The van der Waals surface area contributed by atoms with Crippen molar-refractivity contribution in [3.05, 3.63) is 48.3 Å². The molecule has 0 aliphatic carbocycles. The van der Waals surface area contributed by atoms with Gasteiger partial charge in [-0.2, -0.15) is 5.10 Å². The normalized spacial score (nSPS) is 17.5. The van der Waals surface area contributed by atoms with Gasteiger partial charge < -0.3 is 9.64 Å². The number of aromatic nitrogens is 2. The second-order valence-electron chi connectivity index (χ2n) is 6.67. The van der Waals surface area contributed by atoms with Crippen LogP contribution < -0.4 is 4.74 Å². The highest BCUT2D eigenvalue weighted by Crippen LogP contribution is 2.20. The van der Waals surface area contributed by atoms with E-state index >= 15 is 0 Å². The lowest BCUT2D eigenvalue weighted by molar-refractivity contribution is -0.135. The van der Waals surface area contributed by atoms with Crippen molar-refractivity contribution in [1.82, 2.24) is 14.7 Å². The van der Waals surface area contributed by atoms with Crippen LogP contribution in [0.4, 0.5) is 0 Å². The number of rotatable bonds is 7. The number of hydrogen-bond acceptors (Lipinski definition) is 3. The van der Waals surface area contributed by atoms with E-state index in [0.717, 1.165) is 44.5 Å². The molecule has 1 amide bonds. The lowest BCUT2D eigenvalue weighted by Gasteiger charge is -2.36. The molecule has 3 rings (SSSR count). The summed E-state index contributed by atoms with van der Waals surface area (Å²) in [6.07, 6.45) is 9.57. The van der Waals surface area contributed by atoms with E-state index in [1.165, 1.54) is 12.0 Å². The highest BCUT2D eigenvalue weighted by atomic mass is 16.5. The van der Waals surface area contributed by atoms with Gasteiger partial charge in [0.15, 0.2) is 0 Å². The molecule has 1 aromatic carbocycles. The van der Waals surface area contributed by atoms with Crippen LogP contribution in [0.15, 0.2) is 42.7 Å². The predicted octanol–water partition coefficient (Wildman–Crippen LogP) is 3.30. The molecule has 1 fully saturated rings. The van der Waals surface area contributed by atoms with Gasteiger partial charge in [-0.25, -0.2) is 0 Å². The molecular formula is C20H27N3O2. The standard InChI is InChI=1S/C20H27N3O2/c1-25-19-11-9-17(10-12-19)6-4-8-20(24)23-15-3-2-7-18(23)16-22-14-5-13-21-22/h5,9-14,18H,2-4,6-8,15-16H2,1H3/t18-/m0/s1. The third-order valence-electron chi connectivity index (χ3n) is 4.92. The summed E-state index contributed by atoms with van der Waals surface area (Å²) in [5.74, 6) is 1.15. The van der Waals surface area contributed by atoms with Gasteiger partial charge in [0.1, 0.15) is 5.75 Å². The Morgan fingerprint density at radius 2 is 2.12 bits per heavy atom. The molecule has 0 radical (unpaired) electrons. The van der Waals surface area contributed by atoms with Crippen LogP contribution in [-0.2, 0) is 17.8 Å². The minimum atomic E-state index is 0.280. The van der Waals surface area contributed by atoms with Crippen molar-refractivity contribution in [3.63, 3.8) is 0 Å². The van der Waals surface area contributed by atoms with E-state index in [0.29, 0.717) is 6.42 Å². The maximum absolute atomic E-state index is 12.7. The molecule has 0 N–H and O–H groups in total. The van der Waals surface area contributed by atoms with Crippen molar-refractivity contribution in [1.29, 1.82) is 0 Å². The van der Waals surface area contributed by atoms with Crippen molar-refractivity contribution in [3.8, 4) is 5.75 Å². The van der Waals surface area contributed by atoms with Crippen molar-refractivity contribution in [2.75, 3.05) is 13.7 Å². The number of carbonyl (C=O) groups excluding carboxylic acids is 1. The molecule has 1 atom stereocenters. The van der Waals surface area contributed by atoms with E-state index in [2.05, 4.69) is 22.1 Å². The van der Waals surface area contributed by atoms with E-state index < -0.39 is 0 Å². The third-order valence-corrected chi connectivity index (χ3v) is 4.92. The molecule has 0 saturated carbocycles. The predicted molar refractivity (Wildman–Crippen MR) is 97.5 cm³/mol. The monoisotopic (exact) mass is 341 g/mol. The lowest BCUT2D eigenvalue weighted by Crippen LogP contribution is -2.45. The Morgan fingerprint density at radius 3 is 2.84 bits per heavy atom. The van der Waals surface area contributed by atoms with E-state index in [4.69, 9.17) is 4.74 Å². The average molecular weight is 341 g/mol. The van der Waals surface area contributed by atoms with Gasteiger partial charge in [0.25, 0.3) is 0 Å². The number of ether oxygens (including phenoxy) is 1. The third kappa shape index (κ3) is 4.84. The Labute approximate surface area is 149 Å². The van der Waals surface area contributed by atoms with Gasteiger partial charge in [-0.3, -0.25) is 9.48 Å². The zero-order chi connectivity index (χ0) is 17.5. The zero-order valence-corrected chi connectivity index (χ0v) is 14.9. The quantitative estimate of drug-likeness (QED) is 0.776. The van der Waals surface area contributed by atoms with Crippen LogP contribution in [0.3, 0.4) is 0 Å². The molecule has 1 saturated heterocycles. The smallest absolute Gasteiger partial charge is 0.222 e. The Balaban J connectivity index is 1.49. The SMILES string of the molecule is COc1ccc(CCCC(=O)N2CCCC[C@H]2Cn2cccn2)cc1. The maximum Gasteiger partial charge on any atom is 0.222 e. The van der Waals surface area contributed by atoms with Crippen molar-refractivity contribution < 1.29 is 9.53 Å². The van der Waals surface area contributed by atoms with Gasteiger partial charge >= 0.3 is 0 Å². The second kappa shape index (κ2) is 8.70. The van der Waals surface area contributed by atoms with Gasteiger partial charge in [-0.15, -0.1) is 0 Å². The minimum absolute atomic E-state index is 0.280. The van der Waals surface area contributed by atoms with E-state index in [9.17, 15) is 4.79 Å². The Kier molecular flexibility index (Phi) is 6.09. The molecule has 2 heterocycles. The number of piperidine rings is 1. The summed E-state index contributed by atoms with van der Waals surface area (Å²) < 4.78 is 7.12. The maximum atomic E-state index is 12.7. The van der Waals surface area contributed by atoms with E-state index in [1.54, 1.807) is 13.3 Å². The molecule has 1 aromatic heterocycles. The number of aryl methyl sites for hydroxylation is 1. The lowest BCUT2D eigenvalue weighted by atomic mass is 10.0. The van der Waals surface area contributed by atoms with Crippen LogP contribution in [0.25, 0.3) is 0 Å². The molecule has 1 aliphatic heterocycles. The number of nitrogens with zero attached hydrogens (tertiary/aromatic N) is 3. The van der Waals surface area contributed by atoms with Gasteiger partial charge in [-0.05, 0) is 55.9 Å². The number of benzene rings is 1. The largest absolute Gasteiger partial charge is 0.497 e. The summed E-state index contributed by atoms with van der Waals surface area (Å²) in [7, 11) is 1.67. The van der Waals surface area contributed by atoms with Gasteiger partial charge in [-0.1, -0.05) is 12.1 Å². The second-order valence-corrected chi connectivity index (χ2v) is 6.67. The first kappa shape index (κ1) is 17.5. The van der Waals surface area contributed by atoms with Gasteiger partial charge in [0, 0.05) is 25.4 Å². The fourth-order valence-corrected chi connectivity index (χ4v) is 3.52. The fraction of sp³-hybridized carbons (Fsp3) is 0.500. The Bertz CT molecular complexity index is 652. The summed E-state index contributed by atoms with van der Waals surface area (Å²) >= 11 is 0. The zero-order valence-electron chi connectivity index (χ0n) is 14.9. The van der Waals surface area contributed by atoms with Gasteiger partial charge in [0.2, 0.25) is 5.91 Å². The molecule has 134 valence electrons. The number of methoxy groups -OCH3 is 1. The summed E-state index contributed by atoms with van der Waals surface area (Å²) in [6, 6.07) is 10.3. The number of carbonyl (C=O) groups is 1. The summed E-state index contributed by atoms with van der Waals surface area (Å²) in [6.45, 7) is 1.69. The van der Waals surface area contributed by atoms with Crippen LogP contribution in [0.5, 0.6) is 5.75 Å². The molecule has 25 heavy (non-hydrogen) atoms. The van der Waals surface area contributed by atoms with Gasteiger partial charge in [0.05, 0.1) is 19.7 Å². The highest BCUT2D eigenvalue weighted by molar-refractivity contribution is 5.76. The molecule has 5 nitrogen and oxygen atoms in total. The van der Waals surface area contributed by atoms with Crippen LogP contribution in [0.1, 0.15) is 37.7 Å². The number of likely N-dealkylation sites (tertiary alicyclic amines) is 1.